The van der Waals surface area contributed by atoms with Crippen molar-refractivity contribution in [2.45, 2.75) is 44.9 Å². The number of ether oxygens (including phenoxy) is 2. The van der Waals surface area contributed by atoms with Crippen molar-refractivity contribution in [1.29, 1.82) is 0 Å². The normalized spacial score (nSPS) is 20.8. The predicted molar refractivity (Wildman–Crippen MR) is 141 cm³/mol. The van der Waals surface area contributed by atoms with E-state index in [2.05, 4.69) is 10.3 Å². The number of rotatable bonds is 1. The van der Waals surface area contributed by atoms with Crippen LogP contribution in [0.4, 0.5) is 0 Å². The summed E-state index contributed by atoms with van der Waals surface area (Å²) in [5.41, 5.74) is 2.15. The number of hydrogen-bond acceptors (Lipinski definition) is 7. The highest BCUT2D eigenvalue weighted by Gasteiger charge is 2.35. The van der Waals surface area contributed by atoms with Crippen LogP contribution in [0.2, 0.25) is 0 Å². The first-order valence-corrected chi connectivity index (χ1v) is 13.1. The molecule has 0 unspecified atom stereocenters. The number of fused-ring (bicyclic) bond motifs is 5. The summed E-state index contributed by atoms with van der Waals surface area (Å²) in [6.07, 6.45) is 2.22. The smallest absolute Gasteiger partial charge is 0.276 e. The van der Waals surface area contributed by atoms with Crippen LogP contribution < -0.4 is 10.1 Å². The monoisotopic (exact) mass is 532 g/mol. The van der Waals surface area contributed by atoms with Gasteiger partial charge in [0, 0.05) is 26.6 Å². The van der Waals surface area contributed by atoms with E-state index in [9.17, 15) is 14.4 Å². The number of likely N-dealkylation sites (tertiary alicyclic amines) is 1. The number of aromatic nitrogens is 1. The topological polar surface area (TPSA) is 114 Å². The minimum absolute atomic E-state index is 0.0937. The molecule has 0 aliphatic carbocycles. The first-order valence-electron chi connectivity index (χ1n) is 13.1. The average molecular weight is 533 g/mol. The molecule has 0 saturated carbocycles. The van der Waals surface area contributed by atoms with Crippen molar-refractivity contribution in [3.63, 3.8) is 0 Å². The number of nitrogens with zero attached hydrogens (tertiary/aromatic N) is 3. The number of carbonyl (C=O) groups excluding carboxylic acids is 3. The van der Waals surface area contributed by atoms with Crippen LogP contribution in [0.1, 0.15) is 40.2 Å². The van der Waals surface area contributed by atoms with Gasteiger partial charge in [-0.25, -0.2) is 4.98 Å². The molecular weight excluding hydrogens is 500 g/mol. The third kappa shape index (κ3) is 6.46. The van der Waals surface area contributed by atoms with Crippen molar-refractivity contribution >= 4 is 17.7 Å². The first kappa shape index (κ1) is 26.4. The Morgan fingerprint density at radius 3 is 2.54 bits per heavy atom. The molecule has 10 heteroatoms. The zero-order chi connectivity index (χ0) is 27.4. The lowest BCUT2D eigenvalue weighted by atomic mass is 10.0. The zero-order valence-electron chi connectivity index (χ0n) is 22.1. The fourth-order valence-electron chi connectivity index (χ4n) is 4.91. The lowest BCUT2D eigenvalue weighted by molar-refractivity contribution is -0.135. The summed E-state index contributed by atoms with van der Waals surface area (Å²) in [6, 6.07) is 14.9. The van der Waals surface area contributed by atoms with Gasteiger partial charge < -0.3 is 29.0 Å². The highest BCUT2D eigenvalue weighted by Crippen LogP contribution is 2.25. The van der Waals surface area contributed by atoms with Crippen LogP contribution in [0.25, 0.3) is 0 Å². The molecule has 1 fully saturated rings. The number of piperidine rings is 1. The molecule has 1 N–H and O–H groups in total. The van der Waals surface area contributed by atoms with Crippen LogP contribution in [0.15, 0.2) is 59.3 Å². The maximum Gasteiger partial charge on any atom is 0.276 e. The van der Waals surface area contributed by atoms with E-state index in [1.165, 1.54) is 11.3 Å². The number of benzene rings is 2. The molecule has 4 bridgehead atoms. The Hall–Kier alpha value is -4.18. The van der Waals surface area contributed by atoms with Gasteiger partial charge in [-0.1, -0.05) is 24.3 Å². The largest absolute Gasteiger partial charge is 0.457 e. The molecule has 0 spiro atoms. The molecule has 3 aromatic rings. The van der Waals surface area contributed by atoms with Crippen molar-refractivity contribution in [1.82, 2.24) is 20.1 Å². The number of carbonyl (C=O) groups is 3. The Labute approximate surface area is 226 Å². The van der Waals surface area contributed by atoms with Crippen LogP contribution in [0.3, 0.4) is 0 Å². The molecule has 2 aliphatic heterocycles. The van der Waals surface area contributed by atoms with Crippen LogP contribution in [0, 0.1) is 6.92 Å². The molecule has 0 radical (unpaired) electrons. The van der Waals surface area contributed by atoms with Crippen LogP contribution in [0.5, 0.6) is 11.5 Å². The Kier molecular flexibility index (Phi) is 7.92. The van der Waals surface area contributed by atoms with Crippen molar-refractivity contribution < 1.29 is 28.3 Å². The zero-order valence-corrected chi connectivity index (χ0v) is 22.1. The minimum atomic E-state index is -0.468. The molecule has 1 saturated heterocycles. The molecule has 39 heavy (non-hydrogen) atoms. The lowest BCUT2D eigenvalue weighted by Crippen LogP contribution is -2.58. The standard InChI is InChI=1S/C29H32N4O6/c1-19-28(30-18-38-19)29(36)33-12-11-25-24(15-33)31-26(34)16-32(2)27(35)10-9-20-5-3-7-22(13-20)39-23-8-4-6-21(14-23)17-37-25/h3-8,13-14,18,24-25H,9-12,15-17H2,1-2H3,(H,31,34)/t24-,25+/m0/s1. The van der Waals surface area contributed by atoms with Crippen molar-refractivity contribution in [2.75, 3.05) is 26.7 Å². The van der Waals surface area contributed by atoms with Gasteiger partial charge in [0.25, 0.3) is 5.91 Å². The van der Waals surface area contributed by atoms with E-state index < -0.39 is 6.04 Å². The number of aryl methyl sites for hydroxylation is 2. The summed E-state index contributed by atoms with van der Waals surface area (Å²) >= 11 is 0. The van der Waals surface area contributed by atoms with Gasteiger partial charge in [-0.3, -0.25) is 14.4 Å². The Morgan fingerprint density at radius 1 is 1.05 bits per heavy atom. The summed E-state index contributed by atoms with van der Waals surface area (Å²) in [4.78, 5) is 46.0. The summed E-state index contributed by atoms with van der Waals surface area (Å²) in [7, 11) is 1.62. The van der Waals surface area contributed by atoms with Gasteiger partial charge in [0.05, 0.1) is 25.3 Å². The number of oxazole rings is 1. The van der Waals surface area contributed by atoms with Gasteiger partial charge in [0.2, 0.25) is 11.8 Å². The molecule has 204 valence electrons. The third-order valence-corrected chi connectivity index (χ3v) is 7.06. The van der Waals surface area contributed by atoms with E-state index in [1.54, 1.807) is 18.9 Å². The van der Waals surface area contributed by atoms with Gasteiger partial charge in [0.15, 0.2) is 12.1 Å². The Balaban J connectivity index is 1.37. The second kappa shape index (κ2) is 11.7. The molecule has 3 heterocycles. The Morgan fingerprint density at radius 2 is 1.79 bits per heavy atom. The highest BCUT2D eigenvalue weighted by molar-refractivity contribution is 5.93. The third-order valence-electron chi connectivity index (χ3n) is 7.06. The molecule has 2 atom stereocenters. The van der Waals surface area contributed by atoms with Crippen LogP contribution >= 0.6 is 0 Å². The predicted octanol–water partition coefficient (Wildman–Crippen LogP) is 3.10. The molecule has 5 rings (SSSR count). The maximum absolute atomic E-state index is 13.1. The molecule has 1 aromatic heterocycles. The van der Waals surface area contributed by atoms with Crippen molar-refractivity contribution in [3.8, 4) is 11.5 Å². The summed E-state index contributed by atoms with van der Waals surface area (Å²) in [5.74, 6) is 1.11. The Bertz CT molecular complexity index is 1350. The van der Waals surface area contributed by atoms with Crippen LogP contribution in [-0.4, -0.2) is 71.3 Å². The highest BCUT2D eigenvalue weighted by atomic mass is 16.5. The second-order valence-corrected chi connectivity index (χ2v) is 9.97. The van der Waals surface area contributed by atoms with E-state index in [-0.39, 0.29) is 49.0 Å². The van der Waals surface area contributed by atoms with Gasteiger partial charge >= 0.3 is 0 Å². The van der Waals surface area contributed by atoms with E-state index >= 15 is 0 Å². The van der Waals surface area contributed by atoms with Crippen molar-refractivity contribution in [3.05, 3.63) is 77.5 Å². The minimum Gasteiger partial charge on any atom is -0.457 e. The summed E-state index contributed by atoms with van der Waals surface area (Å²) in [6.45, 7) is 2.60. The van der Waals surface area contributed by atoms with Gasteiger partial charge in [-0.2, -0.15) is 0 Å². The SMILES string of the molecule is Cc1ocnc1C(=O)N1CC[C@H]2OCc3cccc(c3)Oc3cccc(c3)CCC(=O)N(C)CC(=O)N[C@H]2C1. The van der Waals surface area contributed by atoms with E-state index in [0.717, 1.165) is 11.1 Å². The number of likely N-dealkylation sites (N-methyl/N-ethyl adjacent to an activating group) is 1. The quantitative estimate of drug-likeness (QED) is 0.512. The lowest BCUT2D eigenvalue weighted by Gasteiger charge is -2.38. The first-order chi connectivity index (χ1) is 18.9. The number of nitrogens with one attached hydrogen (secondary N) is 1. The van der Waals surface area contributed by atoms with E-state index in [0.29, 0.717) is 43.3 Å². The summed E-state index contributed by atoms with van der Waals surface area (Å²) < 4.78 is 17.6. The molecular formula is C29H32N4O6. The fraction of sp³-hybridized carbons (Fsp3) is 0.379. The number of amides is 3. The van der Waals surface area contributed by atoms with E-state index in [1.807, 2.05) is 48.5 Å². The summed E-state index contributed by atoms with van der Waals surface area (Å²) in [5, 5.41) is 3.01. The average Bonchev–Trinajstić information content (AvgIpc) is 3.36. The second-order valence-electron chi connectivity index (χ2n) is 9.97. The molecule has 2 aromatic carbocycles. The van der Waals surface area contributed by atoms with Gasteiger partial charge in [-0.05, 0) is 55.2 Å². The molecule has 3 amide bonds. The molecule has 10 nitrogen and oxygen atoms in total. The van der Waals surface area contributed by atoms with E-state index in [4.69, 9.17) is 13.9 Å². The molecule has 2 aliphatic rings. The maximum atomic E-state index is 13.1. The van der Waals surface area contributed by atoms with Crippen LogP contribution in [-0.2, 0) is 27.4 Å². The van der Waals surface area contributed by atoms with Crippen molar-refractivity contribution in [2.24, 2.45) is 0 Å². The number of hydrogen-bond donors (Lipinski definition) is 1. The fourth-order valence-corrected chi connectivity index (χ4v) is 4.91. The van der Waals surface area contributed by atoms with Gasteiger partial charge in [0.1, 0.15) is 17.3 Å². The van der Waals surface area contributed by atoms with Gasteiger partial charge in [-0.15, -0.1) is 0 Å².